The number of ether oxygens (including phenoxy) is 1. The minimum Gasteiger partial charge on any atom is -0.496 e. The van der Waals surface area contributed by atoms with Gasteiger partial charge in [0, 0.05) is 48.7 Å². The summed E-state index contributed by atoms with van der Waals surface area (Å²) in [5, 5.41) is 8.17. The zero-order valence-corrected chi connectivity index (χ0v) is 25.3. The number of halogens is 1. The van der Waals surface area contributed by atoms with Gasteiger partial charge < -0.3 is 19.9 Å². The van der Waals surface area contributed by atoms with Gasteiger partial charge in [-0.05, 0) is 78.0 Å². The summed E-state index contributed by atoms with van der Waals surface area (Å²) in [4.78, 5) is 22.9. The van der Waals surface area contributed by atoms with Crippen molar-refractivity contribution < 1.29 is 9.53 Å². The maximum absolute atomic E-state index is 12.9. The summed E-state index contributed by atoms with van der Waals surface area (Å²) in [7, 11) is 1.66. The first-order valence-corrected chi connectivity index (χ1v) is 14.5. The molecule has 0 spiro atoms. The molecule has 4 heterocycles. The molecular formula is C31H37BrN6O2. The number of aromatic nitrogens is 4. The molecule has 5 rings (SSSR count). The largest absolute Gasteiger partial charge is 0.496 e. The number of carbonyl (C=O) groups is 1. The van der Waals surface area contributed by atoms with Gasteiger partial charge in [-0.2, -0.15) is 9.61 Å². The van der Waals surface area contributed by atoms with Crippen molar-refractivity contribution in [1.82, 2.24) is 24.5 Å². The summed E-state index contributed by atoms with van der Waals surface area (Å²) >= 11 is 3.58. The van der Waals surface area contributed by atoms with Gasteiger partial charge in [-0.15, -0.1) is 0 Å². The third kappa shape index (κ3) is 6.31. The van der Waals surface area contributed by atoms with Crippen LogP contribution in [0.3, 0.4) is 0 Å². The van der Waals surface area contributed by atoms with E-state index in [4.69, 9.17) is 9.72 Å². The first kappa shape index (κ1) is 29.1. The van der Waals surface area contributed by atoms with Gasteiger partial charge in [0.05, 0.1) is 23.5 Å². The van der Waals surface area contributed by atoms with Crippen molar-refractivity contribution in [1.29, 1.82) is 0 Å². The third-order valence-electron chi connectivity index (χ3n) is 6.93. The second kappa shape index (κ2) is 13.5. The van der Waals surface area contributed by atoms with Crippen molar-refractivity contribution >= 4 is 45.5 Å². The second-order valence-electron chi connectivity index (χ2n) is 9.31. The Labute approximate surface area is 244 Å². The van der Waals surface area contributed by atoms with E-state index in [2.05, 4.69) is 38.3 Å². The average molecular weight is 606 g/mol. The van der Waals surface area contributed by atoms with Crippen molar-refractivity contribution in [3.05, 3.63) is 76.2 Å². The van der Waals surface area contributed by atoms with E-state index in [1.54, 1.807) is 19.4 Å². The third-order valence-corrected chi connectivity index (χ3v) is 7.49. The van der Waals surface area contributed by atoms with E-state index in [0.717, 1.165) is 62.6 Å². The monoisotopic (exact) mass is 604 g/mol. The fourth-order valence-electron chi connectivity index (χ4n) is 4.79. The normalized spacial score (nSPS) is 14.1. The summed E-state index contributed by atoms with van der Waals surface area (Å²) in [6, 6.07) is 10.1. The number of para-hydroxylation sites is 1. The first-order valence-electron chi connectivity index (χ1n) is 13.7. The summed E-state index contributed by atoms with van der Waals surface area (Å²) in [6.45, 7) is 9.42. The van der Waals surface area contributed by atoms with Crippen LogP contribution in [0.4, 0.5) is 5.82 Å². The van der Waals surface area contributed by atoms with Crippen molar-refractivity contribution in [3.63, 3.8) is 0 Å². The number of hydrogen-bond donors (Lipinski definition) is 2. The molecule has 0 radical (unpaired) electrons. The van der Waals surface area contributed by atoms with E-state index < -0.39 is 0 Å². The van der Waals surface area contributed by atoms with Gasteiger partial charge in [-0.3, -0.25) is 4.79 Å². The molecule has 1 aliphatic rings. The molecule has 1 aliphatic heterocycles. The Kier molecular flexibility index (Phi) is 9.82. The molecule has 0 aliphatic carbocycles. The number of piperidine rings is 1. The van der Waals surface area contributed by atoms with Crippen molar-refractivity contribution in [2.45, 2.75) is 46.6 Å². The molecule has 3 aromatic heterocycles. The van der Waals surface area contributed by atoms with Crippen LogP contribution in [0.15, 0.2) is 59.4 Å². The molecule has 1 saturated heterocycles. The lowest BCUT2D eigenvalue weighted by Gasteiger charge is -2.32. The molecule has 2 N–H and O–H groups in total. The zero-order valence-electron chi connectivity index (χ0n) is 23.7. The Morgan fingerprint density at radius 1 is 1.20 bits per heavy atom. The summed E-state index contributed by atoms with van der Waals surface area (Å²) in [5.74, 6) is 1.65. The van der Waals surface area contributed by atoms with Gasteiger partial charge in [0.2, 0.25) is 5.91 Å². The Bertz CT molecular complexity index is 1510. The molecule has 0 unspecified atom stereocenters. The smallest absolute Gasteiger partial charge is 0.246 e. The van der Waals surface area contributed by atoms with Crippen LogP contribution in [0.5, 0.6) is 5.75 Å². The quantitative estimate of drug-likeness (QED) is 0.222. The molecule has 40 heavy (non-hydrogen) atoms. The highest BCUT2D eigenvalue weighted by molar-refractivity contribution is 9.10. The number of nitrogens with zero attached hydrogens (tertiary/aromatic N) is 4. The molecule has 1 aromatic carbocycles. The number of anilines is 1. The minimum absolute atomic E-state index is 0.0393. The molecule has 1 fully saturated rings. The molecule has 1 amide bonds. The Balaban J connectivity index is 0.00000181. The van der Waals surface area contributed by atoms with Crippen LogP contribution in [0.25, 0.3) is 29.1 Å². The van der Waals surface area contributed by atoms with Crippen molar-refractivity contribution in [2.24, 2.45) is 0 Å². The van der Waals surface area contributed by atoms with E-state index in [9.17, 15) is 4.79 Å². The predicted molar refractivity (Wildman–Crippen MR) is 167 cm³/mol. The van der Waals surface area contributed by atoms with Gasteiger partial charge in [0.25, 0.3) is 0 Å². The number of rotatable bonds is 7. The molecule has 0 bridgehead atoms. The average Bonchev–Trinajstić information content (AvgIpc) is 3.55. The number of carbonyl (C=O) groups excluding carboxylic acids is 1. The fraction of sp³-hybridized carbons (Fsp3) is 0.323. The second-order valence-corrected chi connectivity index (χ2v) is 10.2. The van der Waals surface area contributed by atoms with E-state index in [0.29, 0.717) is 13.1 Å². The highest BCUT2D eigenvalue weighted by Gasteiger charge is 2.23. The maximum Gasteiger partial charge on any atom is 0.246 e. The van der Waals surface area contributed by atoms with E-state index in [1.807, 2.05) is 84.9 Å². The Morgan fingerprint density at radius 2 is 1.95 bits per heavy atom. The van der Waals surface area contributed by atoms with Gasteiger partial charge in [0.1, 0.15) is 11.6 Å². The SMILES string of the molecule is C/C=C\c1[nH]cc(/C=C/C(=O)N2CCC(Nc3cc(-c4ccccc4OC)nc4c(Br)cnn34)CC2)c1C.CC. The van der Waals surface area contributed by atoms with Crippen LogP contribution >= 0.6 is 15.9 Å². The predicted octanol–water partition coefficient (Wildman–Crippen LogP) is 6.98. The number of hydrogen-bond acceptors (Lipinski definition) is 5. The topological polar surface area (TPSA) is 87.5 Å². The lowest BCUT2D eigenvalue weighted by molar-refractivity contribution is -0.126. The molecule has 4 aromatic rings. The number of likely N-dealkylation sites (tertiary alicyclic amines) is 1. The molecule has 8 nitrogen and oxygen atoms in total. The van der Waals surface area contributed by atoms with Crippen LogP contribution in [0.1, 0.15) is 50.4 Å². The summed E-state index contributed by atoms with van der Waals surface area (Å²) in [6.07, 6.45) is 13.0. The van der Waals surface area contributed by atoms with Crippen LogP contribution < -0.4 is 10.1 Å². The number of allylic oxidation sites excluding steroid dienone is 1. The number of H-pyrrole nitrogens is 1. The molecule has 210 valence electrons. The summed E-state index contributed by atoms with van der Waals surface area (Å²) in [5.41, 5.74) is 5.67. The van der Waals surface area contributed by atoms with Crippen LogP contribution in [-0.2, 0) is 4.79 Å². The number of fused-ring (bicyclic) bond motifs is 1. The maximum atomic E-state index is 12.9. The lowest BCUT2D eigenvalue weighted by atomic mass is 10.0. The minimum atomic E-state index is 0.0393. The number of amides is 1. The zero-order chi connectivity index (χ0) is 28.6. The van der Waals surface area contributed by atoms with Gasteiger partial charge in [0.15, 0.2) is 5.65 Å². The molecule has 0 saturated carbocycles. The molecular weight excluding hydrogens is 568 g/mol. The lowest BCUT2D eigenvalue weighted by Crippen LogP contribution is -2.42. The standard InChI is InChI=1S/C29H31BrN6O2.C2H6/c1-4-7-24-19(2)20(17-31-24)10-11-28(37)35-14-12-21(13-15-35)33-27-16-25(22-8-5-6-9-26(22)38-3)34-29-23(30)18-32-36(27)29;1-2/h4-11,16-18,21,31,33H,12-15H2,1-3H3;1-2H3/b7-4-,11-10+;. The van der Waals surface area contributed by atoms with E-state index >= 15 is 0 Å². The fourth-order valence-corrected chi connectivity index (χ4v) is 5.14. The first-order chi connectivity index (χ1) is 19.5. The Hall–Kier alpha value is -3.85. The molecule has 9 heteroatoms. The van der Waals surface area contributed by atoms with Gasteiger partial charge in [-0.25, -0.2) is 4.98 Å². The van der Waals surface area contributed by atoms with E-state index in [1.165, 1.54) is 0 Å². The number of benzene rings is 1. The number of methoxy groups -OCH3 is 1. The summed E-state index contributed by atoms with van der Waals surface area (Å²) < 4.78 is 8.20. The van der Waals surface area contributed by atoms with Crippen LogP contribution in [-0.4, -0.2) is 56.6 Å². The van der Waals surface area contributed by atoms with Gasteiger partial charge >= 0.3 is 0 Å². The number of aromatic amines is 1. The van der Waals surface area contributed by atoms with Crippen LogP contribution in [0, 0.1) is 6.92 Å². The highest BCUT2D eigenvalue weighted by atomic mass is 79.9. The number of nitrogens with one attached hydrogen (secondary N) is 2. The van der Waals surface area contributed by atoms with Crippen molar-refractivity contribution in [2.75, 3.05) is 25.5 Å². The van der Waals surface area contributed by atoms with Crippen LogP contribution in [0.2, 0.25) is 0 Å². The van der Waals surface area contributed by atoms with Gasteiger partial charge in [-0.1, -0.05) is 32.1 Å². The van der Waals surface area contributed by atoms with E-state index in [-0.39, 0.29) is 11.9 Å². The Morgan fingerprint density at radius 3 is 2.67 bits per heavy atom. The molecule has 0 atom stereocenters. The van der Waals surface area contributed by atoms with Crippen molar-refractivity contribution in [3.8, 4) is 17.0 Å². The highest BCUT2D eigenvalue weighted by Crippen LogP contribution is 2.32.